The highest BCUT2D eigenvalue weighted by Gasteiger charge is 2.11. The molecule has 1 aromatic heterocycles. The van der Waals surface area contributed by atoms with Gasteiger partial charge in [0.2, 0.25) is 0 Å². The van der Waals surface area contributed by atoms with E-state index in [0.717, 1.165) is 5.69 Å². The Morgan fingerprint density at radius 2 is 2.28 bits per heavy atom. The highest BCUT2D eigenvalue weighted by atomic mass is 35.5. The van der Waals surface area contributed by atoms with Gasteiger partial charge in [-0.3, -0.25) is 0 Å². The first kappa shape index (κ1) is 12.9. The highest BCUT2D eigenvalue weighted by Crippen LogP contribution is 2.25. The van der Waals surface area contributed by atoms with E-state index in [0.29, 0.717) is 23.1 Å². The Balaban J connectivity index is 2.36. The summed E-state index contributed by atoms with van der Waals surface area (Å²) in [5.41, 5.74) is 1.39. The predicted octanol–water partition coefficient (Wildman–Crippen LogP) is 2.60. The zero-order valence-corrected chi connectivity index (χ0v) is 10.8. The fraction of sp³-hybridized carbons (Fsp3) is 0.250. The summed E-state index contributed by atoms with van der Waals surface area (Å²) in [6.45, 7) is 0.574. The number of hydrogen-bond acceptors (Lipinski definition) is 3. The van der Waals surface area contributed by atoms with Crippen LogP contribution in [0.5, 0.6) is 5.75 Å². The van der Waals surface area contributed by atoms with Crippen LogP contribution in [0.4, 0.5) is 4.39 Å². The Morgan fingerprint density at radius 1 is 1.50 bits per heavy atom. The van der Waals surface area contributed by atoms with Crippen LogP contribution in [0, 0.1) is 5.82 Å². The van der Waals surface area contributed by atoms with Gasteiger partial charge in [-0.2, -0.15) is 0 Å². The number of aromatic nitrogens is 2. The average molecular weight is 270 g/mol. The Morgan fingerprint density at radius 3 is 2.89 bits per heavy atom. The lowest BCUT2D eigenvalue weighted by atomic mass is 10.2. The first-order valence-corrected chi connectivity index (χ1v) is 5.76. The Labute approximate surface area is 109 Å². The first-order chi connectivity index (χ1) is 8.65. The normalized spacial score (nSPS) is 10.7. The number of H-pyrrole nitrogens is 1. The molecule has 0 radical (unpaired) electrons. The molecule has 6 heteroatoms. The minimum Gasteiger partial charge on any atom is -0.494 e. The van der Waals surface area contributed by atoms with Crippen molar-refractivity contribution in [1.29, 1.82) is 0 Å². The van der Waals surface area contributed by atoms with Crippen molar-refractivity contribution in [2.24, 2.45) is 0 Å². The van der Waals surface area contributed by atoms with E-state index in [1.807, 2.05) is 7.05 Å². The number of nitrogens with one attached hydrogen (secondary N) is 2. The van der Waals surface area contributed by atoms with Crippen LogP contribution in [0.2, 0.25) is 5.15 Å². The molecule has 2 aromatic rings. The SMILES string of the molecule is CNCc1[nH]c(-c2ccc(OC)c(F)c2)nc1Cl. The molecule has 0 aliphatic rings. The summed E-state index contributed by atoms with van der Waals surface area (Å²) in [5, 5.41) is 3.35. The van der Waals surface area contributed by atoms with Gasteiger partial charge < -0.3 is 15.0 Å². The van der Waals surface area contributed by atoms with Gasteiger partial charge in [-0.15, -0.1) is 0 Å². The minimum atomic E-state index is -0.433. The number of hydrogen-bond donors (Lipinski definition) is 2. The van der Waals surface area contributed by atoms with Crippen molar-refractivity contribution in [3.8, 4) is 17.1 Å². The molecule has 0 saturated heterocycles. The standard InChI is InChI=1S/C12H13ClFN3O/c1-15-6-9-11(13)17-12(16-9)7-3-4-10(18-2)8(14)5-7/h3-5,15H,6H2,1-2H3,(H,16,17). The molecular formula is C12H13ClFN3O. The number of benzene rings is 1. The van der Waals surface area contributed by atoms with E-state index in [1.165, 1.54) is 13.2 Å². The molecule has 96 valence electrons. The van der Waals surface area contributed by atoms with E-state index in [1.54, 1.807) is 12.1 Å². The second kappa shape index (κ2) is 5.37. The van der Waals surface area contributed by atoms with Crippen LogP contribution >= 0.6 is 11.6 Å². The summed E-state index contributed by atoms with van der Waals surface area (Å²) < 4.78 is 18.4. The van der Waals surface area contributed by atoms with Crippen LogP contribution in [0.3, 0.4) is 0 Å². The van der Waals surface area contributed by atoms with Crippen LogP contribution in [0.15, 0.2) is 18.2 Å². The monoisotopic (exact) mass is 269 g/mol. The van der Waals surface area contributed by atoms with Crippen LogP contribution < -0.4 is 10.1 Å². The molecule has 0 aliphatic carbocycles. The third-order valence-corrected chi connectivity index (χ3v) is 2.82. The molecule has 0 unspecified atom stereocenters. The topological polar surface area (TPSA) is 49.9 Å². The van der Waals surface area contributed by atoms with Crippen LogP contribution in [-0.2, 0) is 6.54 Å². The second-order valence-corrected chi connectivity index (χ2v) is 4.09. The molecule has 18 heavy (non-hydrogen) atoms. The van der Waals surface area contributed by atoms with E-state index in [2.05, 4.69) is 15.3 Å². The fourth-order valence-electron chi connectivity index (χ4n) is 1.63. The smallest absolute Gasteiger partial charge is 0.165 e. The van der Waals surface area contributed by atoms with Gasteiger partial charge in [0.05, 0.1) is 12.8 Å². The van der Waals surface area contributed by atoms with Crippen molar-refractivity contribution >= 4 is 11.6 Å². The Bertz CT molecular complexity index is 556. The molecular weight excluding hydrogens is 257 g/mol. The maximum absolute atomic E-state index is 13.6. The zero-order chi connectivity index (χ0) is 13.1. The molecule has 0 bridgehead atoms. The van der Waals surface area contributed by atoms with Gasteiger partial charge in [0, 0.05) is 12.1 Å². The predicted molar refractivity (Wildman–Crippen MR) is 68.3 cm³/mol. The lowest BCUT2D eigenvalue weighted by Gasteiger charge is -2.03. The number of methoxy groups -OCH3 is 1. The van der Waals surface area contributed by atoms with E-state index in [9.17, 15) is 4.39 Å². The third-order valence-electron chi connectivity index (χ3n) is 2.51. The molecule has 1 aromatic carbocycles. The van der Waals surface area contributed by atoms with Crippen molar-refractivity contribution in [1.82, 2.24) is 15.3 Å². The van der Waals surface area contributed by atoms with Gasteiger partial charge in [0.1, 0.15) is 5.82 Å². The van der Waals surface area contributed by atoms with Crippen LogP contribution in [0.25, 0.3) is 11.4 Å². The largest absolute Gasteiger partial charge is 0.494 e. The summed E-state index contributed by atoms with van der Waals surface area (Å²) in [5.74, 6) is 0.302. The third kappa shape index (κ3) is 2.47. The zero-order valence-electron chi connectivity index (χ0n) is 10.1. The van der Waals surface area contributed by atoms with Gasteiger partial charge >= 0.3 is 0 Å². The van der Waals surface area contributed by atoms with E-state index in [-0.39, 0.29) is 5.75 Å². The molecule has 0 amide bonds. The molecule has 1 heterocycles. The summed E-state index contributed by atoms with van der Waals surface area (Å²) in [4.78, 5) is 7.21. The number of aromatic amines is 1. The summed E-state index contributed by atoms with van der Waals surface area (Å²) >= 11 is 5.97. The maximum Gasteiger partial charge on any atom is 0.165 e. The van der Waals surface area contributed by atoms with E-state index in [4.69, 9.17) is 16.3 Å². The van der Waals surface area contributed by atoms with Crippen molar-refractivity contribution < 1.29 is 9.13 Å². The summed E-state index contributed by atoms with van der Waals surface area (Å²) in [6.07, 6.45) is 0. The lowest BCUT2D eigenvalue weighted by molar-refractivity contribution is 0.386. The van der Waals surface area contributed by atoms with Crippen molar-refractivity contribution in [2.75, 3.05) is 14.2 Å². The maximum atomic E-state index is 13.6. The number of nitrogens with zero attached hydrogens (tertiary/aromatic N) is 1. The van der Waals surface area contributed by atoms with Crippen molar-refractivity contribution in [3.05, 3.63) is 34.9 Å². The first-order valence-electron chi connectivity index (χ1n) is 5.38. The van der Waals surface area contributed by atoms with E-state index < -0.39 is 5.82 Å². The number of imidazole rings is 1. The van der Waals surface area contributed by atoms with E-state index >= 15 is 0 Å². The molecule has 2 rings (SSSR count). The summed E-state index contributed by atoms with van der Waals surface area (Å²) in [7, 11) is 3.23. The molecule has 2 N–H and O–H groups in total. The molecule has 4 nitrogen and oxygen atoms in total. The molecule has 0 atom stereocenters. The number of rotatable bonds is 4. The average Bonchev–Trinajstić information content (AvgIpc) is 2.71. The van der Waals surface area contributed by atoms with Gasteiger partial charge in [-0.25, -0.2) is 9.37 Å². The molecule has 0 aliphatic heterocycles. The fourth-order valence-corrected chi connectivity index (χ4v) is 1.83. The van der Waals surface area contributed by atoms with Crippen LogP contribution in [-0.4, -0.2) is 24.1 Å². The number of halogens is 2. The van der Waals surface area contributed by atoms with Crippen molar-refractivity contribution in [2.45, 2.75) is 6.54 Å². The van der Waals surface area contributed by atoms with Crippen molar-refractivity contribution in [3.63, 3.8) is 0 Å². The number of ether oxygens (including phenoxy) is 1. The molecule has 0 saturated carbocycles. The molecule has 0 spiro atoms. The van der Waals surface area contributed by atoms with Crippen LogP contribution in [0.1, 0.15) is 5.69 Å². The summed E-state index contributed by atoms with van der Waals surface area (Å²) in [6, 6.07) is 4.64. The molecule has 0 fully saturated rings. The minimum absolute atomic E-state index is 0.201. The second-order valence-electron chi connectivity index (χ2n) is 3.73. The Hall–Kier alpha value is -1.59. The quantitative estimate of drug-likeness (QED) is 0.897. The highest BCUT2D eigenvalue weighted by molar-refractivity contribution is 6.30. The van der Waals surface area contributed by atoms with Gasteiger partial charge in [-0.1, -0.05) is 11.6 Å². The van der Waals surface area contributed by atoms with Gasteiger partial charge in [0.25, 0.3) is 0 Å². The van der Waals surface area contributed by atoms with Gasteiger partial charge in [-0.05, 0) is 25.2 Å². The van der Waals surface area contributed by atoms with Gasteiger partial charge in [0.15, 0.2) is 16.7 Å². The Kier molecular flexibility index (Phi) is 3.84. The lowest BCUT2D eigenvalue weighted by Crippen LogP contribution is -2.05.